The van der Waals surface area contributed by atoms with Gasteiger partial charge in [-0.05, 0) is 47.5 Å². The number of rotatable bonds is 9. The standard InChI is InChI=1S/C24H22Cl2N2O4/c25-21-11-6-16(12-22(21)26)14-32-15-19(17-4-2-1-3-5-17)13-27-23(29)18-7-9-20(10-8-18)28-24(30)31/h1-12,19,28H,13-15H2,(H,27,29)(H,30,31). The molecule has 0 aromatic heterocycles. The topological polar surface area (TPSA) is 87.7 Å². The SMILES string of the molecule is O=C(O)Nc1ccc(C(=O)NCC(COCc2ccc(Cl)c(Cl)c2)c2ccccc2)cc1. The van der Waals surface area contributed by atoms with Crippen molar-refractivity contribution in [2.45, 2.75) is 12.5 Å². The zero-order valence-corrected chi connectivity index (χ0v) is 18.6. The molecule has 0 saturated heterocycles. The van der Waals surface area contributed by atoms with Crippen molar-refractivity contribution in [3.8, 4) is 0 Å². The number of carbonyl (C=O) groups excluding carboxylic acids is 1. The van der Waals surface area contributed by atoms with Gasteiger partial charge in [0.1, 0.15) is 0 Å². The fourth-order valence-corrected chi connectivity index (χ4v) is 3.41. The van der Waals surface area contributed by atoms with Crippen molar-refractivity contribution in [1.82, 2.24) is 5.32 Å². The van der Waals surface area contributed by atoms with Gasteiger partial charge in [-0.2, -0.15) is 0 Å². The van der Waals surface area contributed by atoms with Crippen LogP contribution in [0.25, 0.3) is 0 Å². The highest BCUT2D eigenvalue weighted by atomic mass is 35.5. The van der Waals surface area contributed by atoms with E-state index >= 15 is 0 Å². The molecule has 3 rings (SSSR count). The van der Waals surface area contributed by atoms with Crippen molar-refractivity contribution in [3.63, 3.8) is 0 Å². The van der Waals surface area contributed by atoms with Crippen LogP contribution in [0.1, 0.15) is 27.4 Å². The molecule has 0 saturated carbocycles. The summed E-state index contributed by atoms with van der Waals surface area (Å²) >= 11 is 12.0. The molecule has 0 spiro atoms. The summed E-state index contributed by atoms with van der Waals surface area (Å²) in [5.41, 5.74) is 2.78. The number of carboxylic acid groups (broad SMARTS) is 1. The average Bonchev–Trinajstić information content (AvgIpc) is 2.79. The smallest absolute Gasteiger partial charge is 0.409 e. The van der Waals surface area contributed by atoms with E-state index in [0.717, 1.165) is 11.1 Å². The molecule has 0 fully saturated rings. The predicted molar refractivity (Wildman–Crippen MR) is 126 cm³/mol. The molecule has 2 amide bonds. The second kappa shape index (κ2) is 11.5. The lowest BCUT2D eigenvalue weighted by Crippen LogP contribution is -2.30. The predicted octanol–water partition coefficient (Wildman–Crippen LogP) is 5.81. The van der Waals surface area contributed by atoms with E-state index in [-0.39, 0.29) is 11.8 Å². The van der Waals surface area contributed by atoms with E-state index < -0.39 is 6.09 Å². The zero-order valence-electron chi connectivity index (χ0n) is 17.1. The van der Waals surface area contributed by atoms with Gasteiger partial charge in [0.2, 0.25) is 0 Å². The summed E-state index contributed by atoms with van der Waals surface area (Å²) in [6, 6.07) is 21.4. The Balaban J connectivity index is 1.60. The molecule has 8 heteroatoms. The first-order valence-electron chi connectivity index (χ1n) is 9.87. The quantitative estimate of drug-likeness (QED) is 0.366. The van der Waals surface area contributed by atoms with Crippen LogP contribution in [0.4, 0.5) is 10.5 Å². The molecule has 1 unspecified atom stereocenters. The van der Waals surface area contributed by atoms with E-state index in [2.05, 4.69) is 10.6 Å². The first-order chi connectivity index (χ1) is 15.4. The van der Waals surface area contributed by atoms with E-state index in [0.29, 0.717) is 41.1 Å². The van der Waals surface area contributed by atoms with Gasteiger partial charge >= 0.3 is 6.09 Å². The van der Waals surface area contributed by atoms with Crippen LogP contribution in [0.3, 0.4) is 0 Å². The lowest BCUT2D eigenvalue weighted by atomic mass is 10.00. The van der Waals surface area contributed by atoms with Crippen LogP contribution >= 0.6 is 23.2 Å². The largest absolute Gasteiger partial charge is 0.465 e. The van der Waals surface area contributed by atoms with E-state index in [9.17, 15) is 9.59 Å². The highest BCUT2D eigenvalue weighted by Gasteiger charge is 2.15. The highest BCUT2D eigenvalue weighted by Crippen LogP contribution is 2.23. The van der Waals surface area contributed by atoms with Gasteiger partial charge in [0, 0.05) is 23.7 Å². The highest BCUT2D eigenvalue weighted by molar-refractivity contribution is 6.42. The van der Waals surface area contributed by atoms with Crippen molar-refractivity contribution >= 4 is 40.9 Å². The molecule has 32 heavy (non-hydrogen) atoms. The molecular weight excluding hydrogens is 451 g/mol. The summed E-state index contributed by atoms with van der Waals surface area (Å²) in [5.74, 6) is -0.312. The number of carbonyl (C=O) groups is 2. The van der Waals surface area contributed by atoms with Crippen LogP contribution < -0.4 is 10.6 Å². The molecule has 166 valence electrons. The van der Waals surface area contributed by atoms with Crippen LogP contribution in [-0.2, 0) is 11.3 Å². The fourth-order valence-electron chi connectivity index (χ4n) is 3.09. The molecule has 3 aromatic carbocycles. The van der Waals surface area contributed by atoms with Gasteiger partial charge in [0.15, 0.2) is 0 Å². The normalized spacial score (nSPS) is 11.6. The number of benzene rings is 3. The molecule has 0 bridgehead atoms. The summed E-state index contributed by atoms with van der Waals surface area (Å²) in [5, 5.41) is 14.9. The van der Waals surface area contributed by atoms with Crippen molar-refractivity contribution in [2.24, 2.45) is 0 Å². The van der Waals surface area contributed by atoms with E-state index in [4.69, 9.17) is 33.0 Å². The van der Waals surface area contributed by atoms with Gasteiger partial charge in [-0.3, -0.25) is 10.1 Å². The molecule has 1 atom stereocenters. The Kier molecular flexibility index (Phi) is 8.50. The summed E-state index contributed by atoms with van der Waals surface area (Å²) < 4.78 is 5.90. The Labute approximate surface area is 196 Å². The van der Waals surface area contributed by atoms with Crippen molar-refractivity contribution in [3.05, 3.63) is 99.5 Å². The number of hydrogen-bond donors (Lipinski definition) is 3. The third kappa shape index (κ3) is 6.99. The number of amides is 2. The van der Waals surface area contributed by atoms with Crippen LogP contribution in [-0.4, -0.2) is 30.3 Å². The fraction of sp³-hybridized carbons (Fsp3) is 0.167. The van der Waals surface area contributed by atoms with Crippen LogP contribution in [0.15, 0.2) is 72.8 Å². The molecule has 0 aliphatic heterocycles. The maximum atomic E-state index is 12.6. The lowest BCUT2D eigenvalue weighted by Gasteiger charge is -2.19. The second-order valence-corrected chi connectivity index (χ2v) is 7.90. The second-order valence-electron chi connectivity index (χ2n) is 7.09. The van der Waals surface area contributed by atoms with Gasteiger partial charge in [-0.25, -0.2) is 4.79 Å². The van der Waals surface area contributed by atoms with Gasteiger partial charge in [-0.1, -0.05) is 59.6 Å². The first-order valence-corrected chi connectivity index (χ1v) is 10.6. The molecule has 0 heterocycles. The average molecular weight is 473 g/mol. The summed E-state index contributed by atoms with van der Waals surface area (Å²) in [6.07, 6.45) is -1.16. The van der Waals surface area contributed by atoms with Crippen molar-refractivity contribution < 1.29 is 19.4 Å². The summed E-state index contributed by atoms with van der Waals surface area (Å²) in [4.78, 5) is 23.3. The van der Waals surface area contributed by atoms with Crippen molar-refractivity contribution in [2.75, 3.05) is 18.5 Å². The van der Waals surface area contributed by atoms with E-state index in [1.54, 1.807) is 24.3 Å². The summed E-state index contributed by atoms with van der Waals surface area (Å²) in [6.45, 7) is 1.14. The Morgan fingerprint density at radius 1 is 0.938 bits per heavy atom. The monoisotopic (exact) mass is 472 g/mol. The number of halogens is 2. The number of ether oxygens (including phenoxy) is 1. The third-order valence-electron chi connectivity index (χ3n) is 4.75. The minimum atomic E-state index is -1.16. The minimum absolute atomic E-state index is 0.0594. The molecule has 0 aliphatic carbocycles. The van der Waals surface area contributed by atoms with E-state index in [1.807, 2.05) is 36.4 Å². The molecule has 0 radical (unpaired) electrons. The van der Waals surface area contributed by atoms with Gasteiger partial charge < -0.3 is 15.2 Å². The molecule has 0 aliphatic rings. The molecule has 6 nitrogen and oxygen atoms in total. The van der Waals surface area contributed by atoms with Crippen LogP contribution in [0, 0.1) is 0 Å². The maximum Gasteiger partial charge on any atom is 0.409 e. The Bertz CT molecular complexity index is 1060. The third-order valence-corrected chi connectivity index (χ3v) is 5.49. The van der Waals surface area contributed by atoms with Gasteiger partial charge in [-0.15, -0.1) is 0 Å². The minimum Gasteiger partial charge on any atom is -0.465 e. The Morgan fingerprint density at radius 3 is 2.31 bits per heavy atom. The van der Waals surface area contributed by atoms with Crippen LogP contribution in [0.5, 0.6) is 0 Å². The lowest BCUT2D eigenvalue weighted by molar-refractivity contribution is 0.0909. The summed E-state index contributed by atoms with van der Waals surface area (Å²) in [7, 11) is 0. The number of hydrogen-bond acceptors (Lipinski definition) is 3. The first kappa shape index (κ1) is 23.6. The van der Waals surface area contributed by atoms with E-state index in [1.165, 1.54) is 12.1 Å². The van der Waals surface area contributed by atoms with Gasteiger partial charge in [0.25, 0.3) is 5.91 Å². The zero-order chi connectivity index (χ0) is 22.9. The molecular formula is C24H22Cl2N2O4. The maximum absolute atomic E-state index is 12.6. The number of anilines is 1. The van der Waals surface area contributed by atoms with Crippen molar-refractivity contribution in [1.29, 1.82) is 0 Å². The van der Waals surface area contributed by atoms with Crippen LogP contribution in [0.2, 0.25) is 10.0 Å². The Morgan fingerprint density at radius 2 is 1.66 bits per heavy atom. The molecule has 3 N–H and O–H groups in total. The molecule has 3 aromatic rings. The Hall–Kier alpha value is -3.06. The number of nitrogens with one attached hydrogen (secondary N) is 2. The van der Waals surface area contributed by atoms with Gasteiger partial charge in [0.05, 0.1) is 23.3 Å².